The van der Waals surface area contributed by atoms with E-state index in [1.165, 1.54) is 6.92 Å². The fraction of sp³-hybridized carbons (Fsp3) is 0.500. The van der Waals surface area contributed by atoms with Gasteiger partial charge in [0.15, 0.2) is 0 Å². The van der Waals surface area contributed by atoms with Gasteiger partial charge in [0.25, 0.3) is 0 Å². The van der Waals surface area contributed by atoms with Crippen LogP contribution in [0.3, 0.4) is 0 Å². The van der Waals surface area contributed by atoms with Gasteiger partial charge in [0.05, 0.1) is 11.5 Å². The molecular weight excluding hydrogens is 326 g/mol. The number of hydrogen-bond donors (Lipinski definition) is 2. The molecule has 2 N–H and O–H groups in total. The van der Waals surface area contributed by atoms with Gasteiger partial charge in [0, 0.05) is 13.5 Å². The van der Waals surface area contributed by atoms with Crippen molar-refractivity contribution in [1.82, 2.24) is 5.32 Å². The van der Waals surface area contributed by atoms with Crippen molar-refractivity contribution in [3.63, 3.8) is 0 Å². The highest BCUT2D eigenvalue weighted by Crippen LogP contribution is 2.12. The number of hydrogen-bond acceptors (Lipinski definition) is 5. The number of nitrogens with one attached hydrogen (secondary N) is 1. The summed E-state index contributed by atoms with van der Waals surface area (Å²) in [6.07, 6.45) is -0.708. The van der Waals surface area contributed by atoms with Crippen LogP contribution in [0.1, 0.15) is 44.0 Å². The highest BCUT2D eigenvalue weighted by molar-refractivity contribution is 5.89. The summed E-state index contributed by atoms with van der Waals surface area (Å²) in [4.78, 5) is 34.7. The molecule has 7 nitrogen and oxygen atoms in total. The third-order valence-electron chi connectivity index (χ3n) is 3.49. The number of rotatable bonds is 9. The van der Waals surface area contributed by atoms with Crippen molar-refractivity contribution in [3.8, 4) is 0 Å². The van der Waals surface area contributed by atoms with Gasteiger partial charge in [0.1, 0.15) is 0 Å². The fourth-order valence-corrected chi connectivity index (χ4v) is 2.06. The predicted molar refractivity (Wildman–Crippen MR) is 91.0 cm³/mol. The van der Waals surface area contributed by atoms with Gasteiger partial charge in [0.2, 0.25) is 6.29 Å². The van der Waals surface area contributed by atoms with Gasteiger partial charge >= 0.3 is 18.0 Å². The smallest absolute Gasteiger partial charge is 0.410 e. The largest absolute Gasteiger partial charge is 0.481 e. The summed E-state index contributed by atoms with van der Waals surface area (Å²) in [6.45, 7) is 5.38. The lowest BCUT2D eigenvalue weighted by molar-refractivity contribution is -0.141. The van der Waals surface area contributed by atoms with Crippen molar-refractivity contribution in [2.45, 2.75) is 39.9 Å². The van der Waals surface area contributed by atoms with E-state index in [9.17, 15) is 14.4 Å². The van der Waals surface area contributed by atoms with E-state index in [2.05, 4.69) is 5.32 Å². The molecule has 2 atom stereocenters. The Morgan fingerprint density at radius 2 is 1.68 bits per heavy atom. The monoisotopic (exact) mass is 351 g/mol. The lowest BCUT2D eigenvalue weighted by Gasteiger charge is -2.17. The van der Waals surface area contributed by atoms with E-state index in [4.69, 9.17) is 14.6 Å². The number of carbonyl (C=O) groups excluding carboxylic acids is 2. The van der Waals surface area contributed by atoms with E-state index >= 15 is 0 Å². The number of amides is 1. The molecule has 2 unspecified atom stereocenters. The molecule has 1 aromatic rings. The van der Waals surface area contributed by atoms with Gasteiger partial charge in [-0.05, 0) is 24.5 Å². The molecule has 1 amide bonds. The van der Waals surface area contributed by atoms with Gasteiger partial charge in [-0.2, -0.15) is 0 Å². The van der Waals surface area contributed by atoms with Crippen LogP contribution in [0.2, 0.25) is 0 Å². The van der Waals surface area contributed by atoms with Gasteiger partial charge in [-0.25, -0.2) is 9.59 Å². The van der Waals surface area contributed by atoms with Gasteiger partial charge in [-0.15, -0.1) is 0 Å². The van der Waals surface area contributed by atoms with Crippen LogP contribution in [0, 0.1) is 11.8 Å². The van der Waals surface area contributed by atoms with Gasteiger partial charge in [-0.1, -0.05) is 38.5 Å². The van der Waals surface area contributed by atoms with E-state index in [1.807, 2.05) is 13.8 Å². The number of ether oxygens (including phenoxy) is 2. The standard InChI is InChI=1S/C18H25NO6/c1-12(2)9-10-15(16(20)21)11-19-18(23)25-13(3)24-17(22)14-7-5-4-6-8-14/h4-8,12-13,15H,9-11H2,1-3H3,(H,19,23)(H,20,21). The molecule has 0 aliphatic rings. The number of carboxylic acids is 1. The second-order valence-corrected chi connectivity index (χ2v) is 6.13. The molecule has 0 aliphatic heterocycles. The van der Waals surface area contributed by atoms with Crippen molar-refractivity contribution < 1.29 is 29.0 Å². The molecule has 7 heteroatoms. The summed E-state index contributed by atoms with van der Waals surface area (Å²) >= 11 is 0. The Morgan fingerprint density at radius 3 is 2.24 bits per heavy atom. The molecule has 25 heavy (non-hydrogen) atoms. The first kappa shape index (κ1) is 20.5. The highest BCUT2D eigenvalue weighted by Gasteiger charge is 2.20. The number of esters is 1. The van der Waals surface area contributed by atoms with Crippen LogP contribution in [0.25, 0.3) is 0 Å². The Balaban J connectivity index is 2.39. The zero-order chi connectivity index (χ0) is 18.8. The topological polar surface area (TPSA) is 102 Å². The minimum absolute atomic E-state index is 0.0414. The molecule has 0 aromatic heterocycles. The second-order valence-electron chi connectivity index (χ2n) is 6.13. The molecule has 0 aliphatic carbocycles. The van der Waals surface area contributed by atoms with Crippen molar-refractivity contribution in [3.05, 3.63) is 35.9 Å². The Labute approximate surface area is 147 Å². The summed E-state index contributed by atoms with van der Waals surface area (Å²) in [6, 6.07) is 8.32. The van der Waals surface area contributed by atoms with Crippen LogP contribution in [-0.2, 0) is 14.3 Å². The zero-order valence-corrected chi connectivity index (χ0v) is 14.7. The third-order valence-corrected chi connectivity index (χ3v) is 3.49. The van der Waals surface area contributed by atoms with Crippen LogP contribution in [-0.4, -0.2) is 36.0 Å². The maximum atomic E-state index is 11.8. The Morgan fingerprint density at radius 1 is 1.04 bits per heavy atom. The second kappa shape index (κ2) is 10.3. The van der Waals surface area contributed by atoms with Crippen molar-refractivity contribution in [2.75, 3.05) is 6.54 Å². The molecular formula is C18H25NO6. The van der Waals surface area contributed by atoms with E-state index in [0.717, 1.165) is 6.42 Å². The Bertz CT molecular complexity index is 572. The highest BCUT2D eigenvalue weighted by atomic mass is 16.7. The van der Waals surface area contributed by atoms with Crippen molar-refractivity contribution >= 4 is 18.0 Å². The minimum Gasteiger partial charge on any atom is -0.481 e. The lowest BCUT2D eigenvalue weighted by atomic mass is 9.98. The fourth-order valence-electron chi connectivity index (χ4n) is 2.06. The molecule has 0 heterocycles. The molecule has 1 rings (SSSR count). The first-order valence-corrected chi connectivity index (χ1v) is 8.23. The van der Waals surface area contributed by atoms with E-state index in [1.54, 1.807) is 30.3 Å². The van der Waals surface area contributed by atoms with Crippen molar-refractivity contribution in [1.29, 1.82) is 0 Å². The first-order valence-electron chi connectivity index (χ1n) is 8.23. The summed E-state index contributed by atoms with van der Waals surface area (Å²) < 4.78 is 9.91. The van der Waals surface area contributed by atoms with E-state index in [-0.39, 0.29) is 6.54 Å². The molecule has 0 radical (unpaired) electrons. The number of carboxylic acid groups (broad SMARTS) is 1. The Hall–Kier alpha value is -2.57. The maximum Gasteiger partial charge on any atom is 0.410 e. The average Bonchev–Trinajstić information content (AvgIpc) is 2.54. The zero-order valence-electron chi connectivity index (χ0n) is 14.7. The van der Waals surface area contributed by atoms with Crippen LogP contribution >= 0.6 is 0 Å². The summed E-state index contributed by atoms with van der Waals surface area (Å²) in [5.74, 6) is -1.88. The third kappa shape index (κ3) is 8.19. The van der Waals surface area contributed by atoms with Crippen LogP contribution in [0.4, 0.5) is 4.79 Å². The molecule has 0 spiro atoms. The molecule has 138 valence electrons. The predicted octanol–water partition coefficient (Wildman–Crippen LogP) is 3.05. The summed E-state index contributed by atoms with van der Waals surface area (Å²) in [7, 11) is 0. The first-order chi connectivity index (χ1) is 11.8. The molecule has 1 aromatic carbocycles. The summed E-state index contributed by atoms with van der Waals surface area (Å²) in [5, 5.41) is 11.6. The Kier molecular flexibility index (Phi) is 8.46. The van der Waals surface area contributed by atoms with E-state index < -0.39 is 30.2 Å². The quantitative estimate of drug-likeness (QED) is 0.524. The average molecular weight is 351 g/mol. The van der Waals surface area contributed by atoms with Crippen LogP contribution < -0.4 is 5.32 Å². The number of alkyl carbamates (subject to hydrolysis) is 1. The molecule has 0 bridgehead atoms. The number of benzene rings is 1. The van der Waals surface area contributed by atoms with Crippen molar-refractivity contribution in [2.24, 2.45) is 11.8 Å². The molecule has 0 fully saturated rings. The van der Waals surface area contributed by atoms with E-state index in [0.29, 0.717) is 17.9 Å². The maximum absolute atomic E-state index is 11.8. The SMILES string of the molecule is CC(C)CCC(CNC(=O)OC(C)OC(=O)c1ccccc1)C(=O)O. The number of aliphatic carboxylic acids is 1. The summed E-state index contributed by atoms with van der Waals surface area (Å²) in [5.41, 5.74) is 0.345. The lowest BCUT2D eigenvalue weighted by Crippen LogP contribution is -2.35. The minimum atomic E-state index is -1.09. The molecule has 0 saturated heterocycles. The number of carbonyl (C=O) groups is 3. The van der Waals surface area contributed by atoms with Crippen LogP contribution in [0.5, 0.6) is 0 Å². The van der Waals surface area contributed by atoms with Gasteiger partial charge < -0.3 is 19.9 Å². The van der Waals surface area contributed by atoms with Crippen LogP contribution in [0.15, 0.2) is 30.3 Å². The van der Waals surface area contributed by atoms with Gasteiger partial charge in [-0.3, -0.25) is 4.79 Å². The molecule has 0 saturated carbocycles. The normalized spacial score (nSPS) is 13.0.